The molecule has 0 radical (unpaired) electrons. The predicted molar refractivity (Wildman–Crippen MR) is 49.2 cm³/mol. The third-order valence-electron chi connectivity index (χ3n) is 3.60. The van der Waals surface area contributed by atoms with Gasteiger partial charge in [-0.25, -0.2) is 0 Å². The first-order valence-corrected chi connectivity index (χ1v) is 5.18. The van der Waals surface area contributed by atoms with Gasteiger partial charge in [-0.15, -0.1) is 0 Å². The lowest BCUT2D eigenvalue weighted by atomic mass is 9.94. The molecule has 3 heteroatoms. The van der Waals surface area contributed by atoms with E-state index in [-0.39, 0.29) is 17.9 Å². The molecule has 3 nitrogen and oxygen atoms in total. The van der Waals surface area contributed by atoms with Crippen molar-refractivity contribution in [2.24, 2.45) is 23.5 Å². The highest BCUT2D eigenvalue weighted by atomic mass is 16.4. The highest BCUT2D eigenvalue weighted by Crippen LogP contribution is 2.45. The zero-order valence-electron chi connectivity index (χ0n) is 7.78. The fraction of sp³-hybridized carbons (Fsp3) is 0.900. The zero-order valence-corrected chi connectivity index (χ0v) is 7.78. The van der Waals surface area contributed by atoms with Crippen molar-refractivity contribution in [3.63, 3.8) is 0 Å². The highest BCUT2D eigenvalue weighted by molar-refractivity contribution is 5.73. The van der Waals surface area contributed by atoms with E-state index >= 15 is 0 Å². The normalized spacial score (nSPS) is 36.1. The standard InChI is InChI=1S/C10H17NO2/c11-9(6-3-1-2-4-6)7-5-8(7)10(12)13/h6-9H,1-5,11H2,(H,12,13). The fourth-order valence-electron chi connectivity index (χ4n) is 2.62. The molecule has 0 spiro atoms. The number of hydrogen-bond donors (Lipinski definition) is 2. The van der Waals surface area contributed by atoms with Gasteiger partial charge < -0.3 is 10.8 Å². The van der Waals surface area contributed by atoms with Crippen molar-refractivity contribution in [1.29, 1.82) is 0 Å². The van der Waals surface area contributed by atoms with Crippen molar-refractivity contribution in [1.82, 2.24) is 0 Å². The van der Waals surface area contributed by atoms with Crippen molar-refractivity contribution >= 4 is 5.97 Å². The molecule has 0 heterocycles. The maximum absolute atomic E-state index is 10.6. The van der Waals surface area contributed by atoms with Crippen LogP contribution in [0.5, 0.6) is 0 Å². The Balaban J connectivity index is 1.85. The highest BCUT2D eigenvalue weighted by Gasteiger charge is 2.48. The Bertz CT molecular complexity index is 211. The number of carboxylic acid groups (broad SMARTS) is 1. The van der Waals surface area contributed by atoms with Crippen molar-refractivity contribution in [2.45, 2.75) is 38.1 Å². The summed E-state index contributed by atoms with van der Waals surface area (Å²) in [5, 5.41) is 8.76. The molecule has 0 saturated heterocycles. The summed E-state index contributed by atoms with van der Waals surface area (Å²) in [6.45, 7) is 0. The summed E-state index contributed by atoms with van der Waals surface area (Å²) in [6.07, 6.45) is 5.80. The molecule has 0 aliphatic heterocycles. The third kappa shape index (κ3) is 1.70. The minimum absolute atomic E-state index is 0.129. The molecule has 0 bridgehead atoms. The Hall–Kier alpha value is -0.570. The van der Waals surface area contributed by atoms with Gasteiger partial charge in [0.15, 0.2) is 0 Å². The average molecular weight is 183 g/mol. The number of rotatable bonds is 3. The molecule has 2 saturated carbocycles. The lowest BCUT2D eigenvalue weighted by Crippen LogP contribution is -2.32. The quantitative estimate of drug-likeness (QED) is 0.691. The summed E-state index contributed by atoms with van der Waals surface area (Å²) in [4.78, 5) is 10.6. The Morgan fingerprint density at radius 3 is 2.46 bits per heavy atom. The molecule has 2 fully saturated rings. The molecule has 2 aliphatic carbocycles. The molecular formula is C10H17NO2. The molecule has 2 aliphatic rings. The van der Waals surface area contributed by atoms with E-state index in [1.165, 1.54) is 25.7 Å². The predicted octanol–water partition coefficient (Wildman–Crippen LogP) is 1.22. The number of aliphatic carboxylic acids is 1. The van der Waals surface area contributed by atoms with E-state index < -0.39 is 5.97 Å². The van der Waals surface area contributed by atoms with Crippen molar-refractivity contribution in [2.75, 3.05) is 0 Å². The topological polar surface area (TPSA) is 63.3 Å². The maximum Gasteiger partial charge on any atom is 0.306 e. The van der Waals surface area contributed by atoms with Crippen LogP contribution in [0.25, 0.3) is 0 Å². The van der Waals surface area contributed by atoms with Crippen molar-refractivity contribution < 1.29 is 9.90 Å². The van der Waals surface area contributed by atoms with Gasteiger partial charge in [0.2, 0.25) is 0 Å². The summed E-state index contributed by atoms with van der Waals surface area (Å²) < 4.78 is 0. The van der Waals surface area contributed by atoms with Crippen LogP contribution in [0.3, 0.4) is 0 Å². The molecule has 0 amide bonds. The van der Waals surface area contributed by atoms with Crippen LogP contribution in [0.2, 0.25) is 0 Å². The number of nitrogens with two attached hydrogens (primary N) is 1. The molecule has 3 atom stereocenters. The lowest BCUT2D eigenvalue weighted by molar-refractivity contribution is -0.138. The van der Waals surface area contributed by atoms with Crippen molar-refractivity contribution in [3.05, 3.63) is 0 Å². The van der Waals surface area contributed by atoms with Crippen LogP contribution >= 0.6 is 0 Å². The van der Waals surface area contributed by atoms with Crippen molar-refractivity contribution in [3.8, 4) is 0 Å². The van der Waals surface area contributed by atoms with E-state index in [9.17, 15) is 4.79 Å². The molecule has 74 valence electrons. The summed E-state index contributed by atoms with van der Waals surface area (Å²) in [6, 6.07) is 0.156. The van der Waals surface area contributed by atoms with Crippen LogP contribution in [-0.2, 0) is 4.79 Å². The fourth-order valence-corrected chi connectivity index (χ4v) is 2.62. The number of carbonyl (C=O) groups is 1. The Morgan fingerprint density at radius 1 is 1.38 bits per heavy atom. The Morgan fingerprint density at radius 2 is 2.00 bits per heavy atom. The first-order valence-electron chi connectivity index (χ1n) is 5.18. The molecule has 2 rings (SSSR count). The van der Waals surface area contributed by atoms with E-state index in [0.717, 1.165) is 6.42 Å². The van der Waals surface area contributed by atoms with Gasteiger partial charge in [-0.2, -0.15) is 0 Å². The second-order valence-electron chi connectivity index (χ2n) is 4.47. The Labute approximate surface area is 78.3 Å². The van der Waals surface area contributed by atoms with Crippen LogP contribution in [0.4, 0.5) is 0 Å². The van der Waals surface area contributed by atoms with Gasteiger partial charge >= 0.3 is 5.97 Å². The minimum Gasteiger partial charge on any atom is -0.481 e. The smallest absolute Gasteiger partial charge is 0.306 e. The average Bonchev–Trinajstić information content (AvgIpc) is 2.72. The van der Waals surface area contributed by atoms with E-state index in [0.29, 0.717) is 5.92 Å². The van der Waals surface area contributed by atoms with Crippen LogP contribution in [0, 0.1) is 17.8 Å². The van der Waals surface area contributed by atoms with Gasteiger partial charge in [0.05, 0.1) is 5.92 Å². The minimum atomic E-state index is -0.654. The van der Waals surface area contributed by atoms with Gasteiger partial charge in [0, 0.05) is 6.04 Å². The van der Waals surface area contributed by atoms with Crippen LogP contribution in [0.15, 0.2) is 0 Å². The summed E-state index contributed by atoms with van der Waals surface area (Å²) in [5.74, 6) is 0.101. The summed E-state index contributed by atoms with van der Waals surface area (Å²) in [5.41, 5.74) is 6.05. The van der Waals surface area contributed by atoms with Crippen LogP contribution in [-0.4, -0.2) is 17.1 Å². The SMILES string of the molecule is NC(C1CCCC1)C1CC1C(=O)O. The monoisotopic (exact) mass is 183 g/mol. The first-order chi connectivity index (χ1) is 6.20. The summed E-state index contributed by atoms with van der Waals surface area (Å²) >= 11 is 0. The molecule has 13 heavy (non-hydrogen) atoms. The molecular weight excluding hydrogens is 166 g/mol. The van der Waals surface area contributed by atoms with E-state index in [2.05, 4.69) is 0 Å². The summed E-state index contributed by atoms with van der Waals surface area (Å²) in [7, 11) is 0. The molecule has 3 unspecified atom stereocenters. The van der Waals surface area contributed by atoms with Gasteiger partial charge in [-0.05, 0) is 31.1 Å². The van der Waals surface area contributed by atoms with Gasteiger partial charge in [-0.1, -0.05) is 12.8 Å². The number of hydrogen-bond acceptors (Lipinski definition) is 2. The zero-order chi connectivity index (χ0) is 9.42. The number of carboxylic acids is 1. The maximum atomic E-state index is 10.6. The second-order valence-corrected chi connectivity index (χ2v) is 4.47. The Kier molecular flexibility index (Phi) is 2.28. The lowest BCUT2D eigenvalue weighted by Gasteiger charge is -2.18. The molecule has 3 N–H and O–H groups in total. The van der Waals surface area contributed by atoms with Gasteiger partial charge in [0.25, 0.3) is 0 Å². The largest absolute Gasteiger partial charge is 0.481 e. The van der Waals surface area contributed by atoms with Gasteiger partial charge in [0.1, 0.15) is 0 Å². The van der Waals surface area contributed by atoms with E-state index in [1.807, 2.05) is 0 Å². The third-order valence-corrected chi connectivity index (χ3v) is 3.60. The first kappa shape index (κ1) is 9.00. The van der Waals surface area contributed by atoms with E-state index in [4.69, 9.17) is 10.8 Å². The van der Waals surface area contributed by atoms with Gasteiger partial charge in [-0.3, -0.25) is 4.79 Å². The molecule has 0 aromatic carbocycles. The molecule has 0 aromatic heterocycles. The van der Waals surface area contributed by atoms with Crippen LogP contribution < -0.4 is 5.73 Å². The van der Waals surface area contributed by atoms with Crippen LogP contribution in [0.1, 0.15) is 32.1 Å². The van der Waals surface area contributed by atoms with E-state index in [1.54, 1.807) is 0 Å². The second kappa shape index (κ2) is 3.29. The molecule has 0 aromatic rings.